The Morgan fingerprint density at radius 1 is 1.38 bits per heavy atom. The highest BCUT2D eigenvalue weighted by atomic mass is 32.2. The van der Waals surface area contributed by atoms with Crippen molar-refractivity contribution >= 4 is 17.7 Å². The Kier molecular flexibility index (Phi) is 9.70. The number of hydrogen-bond acceptors (Lipinski definition) is 3. The van der Waals surface area contributed by atoms with Crippen LogP contribution in [0.4, 0.5) is 0 Å². The molecule has 0 aromatic rings. The van der Waals surface area contributed by atoms with Crippen LogP contribution in [0.2, 0.25) is 0 Å². The van der Waals surface area contributed by atoms with Gasteiger partial charge in [0.1, 0.15) is 0 Å². The fourth-order valence-corrected chi connectivity index (χ4v) is 1.37. The van der Waals surface area contributed by atoms with E-state index < -0.39 is 0 Å². The zero-order valence-electron chi connectivity index (χ0n) is 8.56. The topological polar surface area (TPSA) is 41.1 Å². The standard InChI is InChI=1S/C9H20N2OS/c1-3-10-6-7-11-9(12)5-4-8-13-2/h10H,3-8H2,1-2H3,(H,11,12). The summed E-state index contributed by atoms with van der Waals surface area (Å²) < 4.78 is 0. The second kappa shape index (κ2) is 9.86. The summed E-state index contributed by atoms with van der Waals surface area (Å²) in [6.45, 7) is 4.62. The third kappa shape index (κ3) is 9.70. The van der Waals surface area contributed by atoms with Gasteiger partial charge in [-0.25, -0.2) is 0 Å². The summed E-state index contributed by atoms with van der Waals surface area (Å²) >= 11 is 1.78. The summed E-state index contributed by atoms with van der Waals surface area (Å²) in [4.78, 5) is 11.1. The molecular weight excluding hydrogens is 184 g/mol. The van der Waals surface area contributed by atoms with Gasteiger partial charge in [-0.3, -0.25) is 4.79 Å². The first-order valence-corrected chi connectivity index (χ1v) is 6.17. The lowest BCUT2D eigenvalue weighted by Gasteiger charge is -2.04. The molecule has 0 fully saturated rings. The molecule has 0 aliphatic rings. The molecule has 4 heteroatoms. The van der Waals surface area contributed by atoms with Crippen LogP contribution in [0.5, 0.6) is 0 Å². The van der Waals surface area contributed by atoms with E-state index in [4.69, 9.17) is 0 Å². The third-order valence-electron chi connectivity index (χ3n) is 1.63. The van der Waals surface area contributed by atoms with Crippen LogP contribution in [0.1, 0.15) is 19.8 Å². The summed E-state index contributed by atoms with van der Waals surface area (Å²) in [7, 11) is 0. The maximum absolute atomic E-state index is 11.1. The number of carbonyl (C=O) groups excluding carboxylic acids is 1. The van der Waals surface area contributed by atoms with Crippen LogP contribution in [0.15, 0.2) is 0 Å². The molecule has 0 aliphatic heterocycles. The molecule has 0 bridgehead atoms. The van der Waals surface area contributed by atoms with Crippen molar-refractivity contribution in [2.24, 2.45) is 0 Å². The molecule has 0 atom stereocenters. The molecule has 0 saturated carbocycles. The molecule has 1 amide bonds. The lowest BCUT2D eigenvalue weighted by molar-refractivity contribution is -0.121. The van der Waals surface area contributed by atoms with Gasteiger partial charge < -0.3 is 10.6 Å². The van der Waals surface area contributed by atoms with Gasteiger partial charge in [-0.1, -0.05) is 6.92 Å². The van der Waals surface area contributed by atoms with E-state index in [0.717, 1.165) is 31.8 Å². The van der Waals surface area contributed by atoms with Crippen molar-refractivity contribution in [1.29, 1.82) is 0 Å². The van der Waals surface area contributed by atoms with Crippen LogP contribution < -0.4 is 10.6 Å². The van der Waals surface area contributed by atoms with E-state index in [2.05, 4.69) is 23.8 Å². The monoisotopic (exact) mass is 204 g/mol. The average molecular weight is 204 g/mol. The minimum Gasteiger partial charge on any atom is -0.355 e. The molecule has 78 valence electrons. The average Bonchev–Trinajstić information content (AvgIpc) is 2.13. The van der Waals surface area contributed by atoms with E-state index in [1.54, 1.807) is 11.8 Å². The summed E-state index contributed by atoms with van der Waals surface area (Å²) in [5.41, 5.74) is 0. The van der Waals surface area contributed by atoms with Gasteiger partial charge in [-0.15, -0.1) is 0 Å². The summed E-state index contributed by atoms with van der Waals surface area (Å²) in [6.07, 6.45) is 3.70. The molecule has 0 saturated heterocycles. The fourth-order valence-electron chi connectivity index (χ4n) is 0.933. The predicted molar refractivity (Wildman–Crippen MR) is 59.2 cm³/mol. The van der Waals surface area contributed by atoms with Crippen molar-refractivity contribution in [3.63, 3.8) is 0 Å². The first kappa shape index (κ1) is 12.8. The van der Waals surface area contributed by atoms with Crippen molar-refractivity contribution in [2.45, 2.75) is 19.8 Å². The predicted octanol–water partition coefficient (Wildman–Crippen LogP) is 0.855. The Balaban J connectivity index is 3.11. The highest BCUT2D eigenvalue weighted by Gasteiger charge is 1.98. The quantitative estimate of drug-likeness (QED) is 0.576. The molecule has 0 aromatic heterocycles. The van der Waals surface area contributed by atoms with Crippen molar-refractivity contribution in [3.8, 4) is 0 Å². The van der Waals surface area contributed by atoms with E-state index in [-0.39, 0.29) is 5.91 Å². The number of nitrogens with one attached hydrogen (secondary N) is 2. The van der Waals surface area contributed by atoms with Gasteiger partial charge >= 0.3 is 0 Å². The van der Waals surface area contributed by atoms with Crippen molar-refractivity contribution in [2.75, 3.05) is 31.6 Å². The van der Waals surface area contributed by atoms with Gasteiger partial charge in [0, 0.05) is 19.5 Å². The molecule has 0 radical (unpaired) electrons. The Morgan fingerprint density at radius 2 is 2.15 bits per heavy atom. The molecule has 0 unspecified atom stereocenters. The molecular formula is C9H20N2OS. The zero-order valence-corrected chi connectivity index (χ0v) is 9.38. The zero-order chi connectivity index (χ0) is 9.94. The first-order valence-electron chi connectivity index (χ1n) is 4.77. The van der Waals surface area contributed by atoms with Gasteiger partial charge in [-0.05, 0) is 25.0 Å². The van der Waals surface area contributed by atoms with Crippen LogP contribution >= 0.6 is 11.8 Å². The van der Waals surface area contributed by atoms with Crippen molar-refractivity contribution in [3.05, 3.63) is 0 Å². The summed E-state index contributed by atoms with van der Waals surface area (Å²) in [5.74, 6) is 1.24. The van der Waals surface area contributed by atoms with Crippen molar-refractivity contribution < 1.29 is 4.79 Å². The van der Waals surface area contributed by atoms with E-state index >= 15 is 0 Å². The number of likely N-dealkylation sites (N-methyl/N-ethyl adjacent to an activating group) is 1. The van der Waals surface area contributed by atoms with Gasteiger partial charge in [0.25, 0.3) is 0 Å². The SMILES string of the molecule is CCNCCNC(=O)CCCSC. The van der Waals surface area contributed by atoms with E-state index in [1.165, 1.54) is 0 Å². The lowest BCUT2D eigenvalue weighted by atomic mass is 10.3. The van der Waals surface area contributed by atoms with E-state index in [9.17, 15) is 4.79 Å². The minimum atomic E-state index is 0.173. The van der Waals surface area contributed by atoms with Gasteiger partial charge in [0.2, 0.25) is 5.91 Å². The van der Waals surface area contributed by atoms with Crippen LogP contribution in [0.3, 0.4) is 0 Å². The van der Waals surface area contributed by atoms with Crippen LogP contribution in [0.25, 0.3) is 0 Å². The van der Waals surface area contributed by atoms with E-state index in [0.29, 0.717) is 6.42 Å². The van der Waals surface area contributed by atoms with Gasteiger partial charge in [0.05, 0.1) is 0 Å². The summed E-state index contributed by atoms with van der Waals surface area (Å²) in [5, 5.41) is 6.02. The highest BCUT2D eigenvalue weighted by Crippen LogP contribution is 1.98. The highest BCUT2D eigenvalue weighted by molar-refractivity contribution is 7.98. The maximum atomic E-state index is 11.1. The second-order valence-electron chi connectivity index (χ2n) is 2.80. The number of rotatable bonds is 8. The normalized spacial score (nSPS) is 10.0. The maximum Gasteiger partial charge on any atom is 0.220 e. The number of amides is 1. The molecule has 0 rings (SSSR count). The molecule has 0 aliphatic carbocycles. The van der Waals surface area contributed by atoms with Crippen LogP contribution in [0, 0.1) is 0 Å². The largest absolute Gasteiger partial charge is 0.355 e. The molecule has 0 spiro atoms. The van der Waals surface area contributed by atoms with Crippen LogP contribution in [-0.4, -0.2) is 37.6 Å². The third-order valence-corrected chi connectivity index (χ3v) is 2.32. The smallest absolute Gasteiger partial charge is 0.220 e. The molecule has 13 heavy (non-hydrogen) atoms. The van der Waals surface area contributed by atoms with Gasteiger partial charge in [-0.2, -0.15) is 11.8 Å². The Morgan fingerprint density at radius 3 is 2.77 bits per heavy atom. The molecule has 0 aromatic carbocycles. The first-order chi connectivity index (χ1) is 6.31. The van der Waals surface area contributed by atoms with Crippen molar-refractivity contribution in [1.82, 2.24) is 10.6 Å². The number of carbonyl (C=O) groups is 1. The minimum absolute atomic E-state index is 0.173. The Labute approximate surface area is 85.0 Å². The molecule has 2 N–H and O–H groups in total. The van der Waals surface area contributed by atoms with E-state index in [1.807, 2.05) is 0 Å². The Hall–Kier alpha value is -0.220. The number of hydrogen-bond donors (Lipinski definition) is 2. The fraction of sp³-hybridized carbons (Fsp3) is 0.889. The second-order valence-corrected chi connectivity index (χ2v) is 3.79. The summed E-state index contributed by atoms with van der Waals surface area (Å²) in [6, 6.07) is 0. The Bertz CT molecular complexity index is 131. The lowest BCUT2D eigenvalue weighted by Crippen LogP contribution is -2.31. The van der Waals surface area contributed by atoms with Crippen LogP contribution in [-0.2, 0) is 4.79 Å². The van der Waals surface area contributed by atoms with Gasteiger partial charge in [0.15, 0.2) is 0 Å². The molecule has 0 heterocycles. The molecule has 3 nitrogen and oxygen atoms in total. The number of thioether (sulfide) groups is 1.